The molecule has 3 aliphatic rings. The lowest BCUT2D eigenvalue weighted by Crippen LogP contribution is -2.60. The van der Waals surface area contributed by atoms with Crippen LogP contribution in [0, 0.1) is 0 Å². The molecule has 0 atom stereocenters. The van der Waals surface area contributed by atoms with Crippen LogP contribution in [0.15, 0.2) is 171 Å². The summed E-state index contributed by atoms with van der Waals surface area (Å²) < 4.78 is 5.30. The van der Waals surface area contributed by atoms with Crippen LogP contribution in [0.25, 0.3) is 69.9 Å². The Morgan fingerprint density at radius 1 is 0.468 bits per heavy atom. The molecule has 8 aromatic carbocycles. The SMILES string of the molecule is CC(C)(C)c1ccc2c(c1)c1cc(C(C)(C)C)cc3c1n2-c1cc(-c2ccccc2)cc2c1B3N(c1cccc3c1sc1ccccc13)c1cc3c(cc1-2)Sc1ccccc1S3. The first-order valence-electron chi connectivity index (χ1n) is 21.7. The van der Waals surface area contributed by atoms with E-state index < -0.39 is 0 Å². The summed E-state index contributed by atoms with van der Waals surface area (Å²) in [6, 6.07) is 58.3. The van der Waals surface area contributed by atoms with Crippen molar-refractivity contribution < 1.29 is 0 Å². The van der Waals surface area contributed by atoms with E-state index in [-0.39, 0.29) is 17.7 Å². The Hall–Kier alpha value is -5.66. The van der Waals surface area contributed by atoms with Gasteiger partial charge in [-0.25, -0.2) is 0 Å². The molecule has 5 heterocycles. The van der Waals surface area contributed by atoms with Gasteiger partial charge in [0.15, 0.2) is 0 Å². The Kier molecular flexibility index (Phi) is 7.72. The first-order valence-corrected chi connectivity index (χ1v) is 24.1. The van der Waals surface area contributed by atoms with Crippen molar-refractivity contribution in [3.05, 3.63) is 163 Å². The minimum absolute atomic E-state index is 0.0143. The summed E-state index contributed by atoms with van der Waals surface area (Å²) in [7, 11) is 0. The highest BCUT2D eigenvalue weighted by Crippen LogP contribution is 2.55. The van der Waals surface area contributed by atoms with Crippen molar-refractivity contribution in [3.63, 3.8) is 0 Å². The van der Waals surface area contributed by atoms with Crippen molar-refractivity contribution in [1.82, 2.24) is 4.57 Å². The molecular formula is C56H43BN2S3. The van der Waals surface area contributed by atoms with Gasteiger partial charge in [-0.05, 0) is 116 Å². The smallest absolute Gasteiger partial charge is 0.333 e. The largest absolute Gasteiger partial charge is 0.375 e. The third kappa shape index (κ3) is 5.27. The third-order valence-corrected chi connectivity index (χ3v) is 17.2. The molecule has 0 fully saturated rings. The summed E-state index contributed by atoms with van der Waals surface area (Å²) in [5.41, 5.74) is 16.9. The molecule has 3 aliphatic heterocycles. The lowest BCUT2D eigenvalue weighted by atomic mass is 9.43. The van der Waals surface area contributed by atoms with Gasteiger partial charge >= 0.3 is 6.85 Å². The third-order valence-electron chi connectivity index (χ3n) is 13.5. The number of anilines is 2. The summed E-state index contributed by atoms with van der Waals surface area (Å²) in [6.45, 7) is 14.1. The maximum Gasteiger partial charge on any atom is 0.333 e. The van der Waals surface area contributed by atoms with Crippen molar-refractivity contribution in [2.24, 2.45) is 0 Å². The first-order chi connectivity index (χ1) is 30.0. The van der Waals surface area contributed by atoms with Crippen molar-refractivity contribution in [2.45, 2.75) is 72.0 Å². The number of fused-ring (bicyclic) bond motifs is 12. The zero-order valence-electron chi connectivity index (χ0n) is 35.6. The fraction of sp³-hybridized carbons (Fsp3) is 0.143. The number of benzene rings is 8. The molecule has 298 valence electrons. The van der Waals surface area contributed by atoms with Crippen LogP contribution in [0.5, 0.6) is 0 Å². The van der Waals surface area contributed by atoms with Crippen LogP contribution in [0.4, 0.5) is 11.4 Å². The lowest BCUT2D eigenvalue weighted by Gasteiger charge is -2.43. The second kappa shape index (κ2) is 13.0. The second-order valence-electron chi connectivity index (χ2n) is 19.3. The van der Waals surface area contributed by atoms with Crippen LogP contribution in [0.2, 0.25) is 0 Å². The van der Waals surface area contributed by atoms with E-state index in [9.17, 15) is 0 Å². The number of rotatable bonds is 2. The molecule has 2 nitrogen and oxygen atoms in total. The van der Waals surface area contributed by atoms with Gasteiger partial charge in [0.25, 0.3) is 0 Å². The summed E-state index contributed by atoms with van der Waals surface area (Å²) in [5, 5.41) is 5.31. The van der Waals surface area contributed by atoms with E-state index in [2.05, 4.69) is 203 Å². The van der Waals surface area contributed by atoms with E-state index in [1.165, 1.54) is 123 Å². The Morgan fingerprint density at radius 3 is 1.94 bits per heavy atom. The number of aromatic nitrogens is 1. The monoisotopic (exact) mass is 850 g/mol. The molecule has 62 heavy (non-hydrogen) atoms. The molecule has 13 rings (SSSR count). The molecule has 0 bridgehead atoms. The Morgan fingerprint density at radius 2 is 1.16 bits per heavy atom. The highest BCUT2D eigenvalue weighted by atomic mass is 32.2. The average Bonchev–Trinajstić information content (AvgIpc) is 3.82. The van der Waals surface area contributed by atoms with Gasteiger partial charge in [0, 0.05) is 68.5 Å². The second-order valence-corrected chi connectivity index (χ2v) is 22.6. The summed E-state index contributed by atoms with van der Waals surface area (Å²) >= 11 is 5.75. The summed E-state index contributed by atoms with van der Waals surface area (Å²) in [6.07, 6.45) is 0. The lowest BCUT2D eigenvalue weighted by molar-refractivity contribution is 0.590. The first kappa shape index (κ1) is 36.9. The molecular weight excluding hydrogens is 808 g/mol. The van der Waals surface area contributed by atoms with E-state index in [0.29, 0.717) is 0 Å². The summed E-state index contributed by atoms with van der Waals surface area (Å²) in [4.78, 5) is 8.04. The van der Waals surface area contributed by atoms with Crippen molar-refractivity contribution in [3.8, 4) is 27.9 Å². The predicted molar refractivity (Wildman–Crippen MR) is 270 cm³/mol. The topological polar surface area (TPSA) is 8.17 Å². The van der Waals surface area contributed by atoms with Gasteiger partial charge < -0.3 is 9.38 Å². The highest BCUT2D eigenvalue weighted by molar-refractivity contribution is 8.05. The van der Waals surface area contributed by atoms with Crippen molar-refractivity contribution in [2.75, 3.05) is 4.81 Å². The van der Waals surface area contributed by atoms with Gasteiger partial charge in [-0.1, -0.05) is 150 Å². The fourth-order valence-electron chi connectivity index (χ4n) is 10.4. The fourth-order valence-corrected chi connectivity index (χ4v) is 13.9. The van der Waals surface area contributed by atoms with Crippen molar-refractivity contribution >= 4 is 106 Å². The molecule has 0 spiro atoms. The van der Waals surface area contributed by atoms with Gasteiger partial charge in [-0.15, -0.1) is 11.3 Å². The molecule has 0 unspecified atom stereocenters. The van der Waals surface area contributed by atoms with Crippen molar-refractivity contribution in [1.29, 1.82) is 0 Å². The maximum absolute atomic E-state index is 2.76. The summed E-state index contributed by atoms with van der Waals surface area (Å²) in [5.74, 6) is 0. The zero-order chi connectivity index (χ0) is 41.8. The standard InChI is InChI=1S/C56H43BN2S3/c1-55(2,3)34-23-24-43-38(27-34)41-28-35(56(4,5)6)29-42-53(41)58(43)46-26-33(32-15-8-7-9-16-32)25-40-39-30-50-51(61-49-22-13-12-21-48(49)60-50)31-45(39)59(57(42)52(40)46)44-19-14-18-37-36-17-10-11-20-47(36)62-54(37)44/h7-31H,1-6H3. The molecule has 0 saturated heterocycles. The molecule has 0 radical (unpaired) electrons. The Bertz CT molecular complexity index is 3570. The number of hydrogen-bond donors (Lipinski definition) is 0. The minimum Gasteiger partial charge on any atom is -0.375 e. The van der Waals surface area contributed by atoms with E-state index in [0.717, 1.165) is 0 Å². The van der Waals surface area contributed by atoms with Crippen LogP contribution in [0.1, 0.15) is 52.7 Å². The number of hydrogen-bond acceptors (Lipinski definition) is 4. The quantitative estimate of drug-likeness (QED) is 0.160. The van der Waals surface area contributed by atoms with Gasteiger partial charge in [-0.2, -0.15) is 0 Å². The van der Waals surface area contributed by atoms with Crippen LogP contribution in [-0.2, 0) is 10.8 Å². The van der Waals surface area contributed by atoms with Gasteiger partial charge in [0.1, 0.15) is 0 Å². The van der Waals surface area contributed by atoms with Gasteiger partial charge in [0.2, 0.25) is 0 Å². The van der Waals surface area contributed by atoms with Crippen LogP contribution in [0.3, 0.4) is 0 Å². The molecule has 0 N–H and O–H groups in total. The van der Waals surface area contributed by atoms with E-state index in [1.807, 2.05) is 34.9 Å². The minimum atomic E-state index is -0.0802. The van der Waals surface area contributed by atoms with E-state index >= 15 is 0 Å². The van der Waals surface area contributed by atoms with Crippen LogP contribution < -0.4 is 15.7 Å². The molecule has 6 heteroatoms. The zero-order valence-corrected chi connectivity index (χ0v) is 38.1. The maximum atomic E-state index is 2.76. The van der Waals surface area contributed by atoms with E-state index in [1.54, 1.807) is 0 Å². The highest BCUT2D eigenvalue weighted by Gasteiger charge is 2.46. The molecule has 0 aliphatic carbocycles. The normalized spacial score (nSPS) is 14.1. The molecule has 0 saturated carbocycles. The molecule has 10 aromatic rings. The Labute approximate surface area is 375 Å². The average molecular weight is 851 g/mol. The molecule has 2 aromatic heterocycles. The van der Waals surface area contributed by atoms with Gasteiger partial charge in [-0.3, -0.25) is 0 Å². The Balaban J connectivity index is 1.21. The van der Waals surface area contributed by atoms with Crippen LogP contribution >= 0.6 is 34.9 Å². The predicted octanol–water partition coefficient (Wildman–Crippen LogP) is 15.3. The van der Waals surface area contributed by atoms with Gasteiger partial charge in [0.05, 0.1) is 15.7 Å². The van der Waals surface area contributed by atoms with E-state index in [4.69, 9.17) is 0 Å². The molecule has 0 amide bonds. The number of nitrogens with zero attached hydrogens (tertiary/aromatic N) is 2. The van der Waals surface area contributed by atoms with Crippen LogP contribution in [-0.4, -0.2) is 11.4 Å². The number of thiophene rings is 1.